The van der Waals surface area contributed by atoms with E-state index in [2.05, 4.69) is 15.8 Å². The number of carbonyl (C=O) groups excluding carboxylic acids is 3. The van der Waals surface area contributed by atoms with E-state index < -0.39 is 17.9 Å². The molecule has 200 valence electrons. The third-order valence-corrected chi connectivity index (χ3v) is 5.47. The minimum Gasteiger partial charge on any atom is -0.484 e. The third kappa shape index (κ3) is 8.77. The smallest absolute Gasteiger partial charge is 0.338 e. The zero-order valence-electron chi connectivity index (χ0n) is 21.4. The molecule has 38 heavy (non-hydrogen) atoms. The monoisotopic (exact) mass is 539 g/mol. The van der Waals surface area contributed by atoms with Gasteiger partial charge in [0.25, 0.3) is 11.8 Å². The maximum Gasteiger partial charge on any atom is 0.338 e. The van der Waals surface area contributed by atoms with Gasteiger partial charge in [0, 0.05) is 10.6 Å². The van der Waals surface area contributed by atoms with E-state index in [1.54, 1.807) is 67.6 Å². The predicted molar refractivity (Wildman–Crippen MR) is 144 cm³/mol. The number of benzene rings is 2. The first-order chi connectivity index (χ1) is 18.2. The topological polar surface area (TPSA) is 119 Å². The third-order valence-electron chi connectivity index (χ3n) is 5.22. The van der Waals surface area contributed by atoms with Crippen LogP contribution in [-0.4, -0.2) is 43.3 Å². The molecule has 1 atom stereocenters. The molecular weight excluding hydrogens is 510 g/mol. The first-order valence-electron chi connectivity index (χ1n) is 12.1. The largest absolute Gasteiger partial charge is 0.484 e. The van der Waals surface area contributed by atoms with Crippen molar-refractivity contribution < 1.29 is 28.3 Å². The summed E-state index contributed by atoms with van der Waals surface area (Å²) in [4.78, 5) is 36.9. The fourth-order valence-electron chi connectivity index (χ4n) is 3.42. The van der Waals surface area contributed by atoms with Crippen LogP contribution in [0.3, 0.4) is 0 Å². The number of hydrazone groups is 1. The molecule has 3 rings (SSSR count). The molecule has 9 nitrogen and oxygen atoms in total. The van der Waals surface area contributed by atoms with Gasteiger partial charge < -0.3 is 19.2 Å². The fourth-order valence-corrected chi connectivity index (χ4v) is 3.54. The van der Waals surface area contributed by atoms with Crippen LogP contribution < -0.4 is 15.5 Å². The SMILES string of the molecule is CCOC(=O)c1ccc(-c2ccc(/C=N\NC(=O)[C@@H](CC(C)C)NC(=O)COc3ccc(Cl)cc3)o2)cc1. The van der Waals surface area contributed by atoms with Crippen molar-refractivity contribution in [3.63, 3.8) is 0 Å². The first-order valence-corrected chi connectivity index (χ1v) is 12.5. The highest BCUT2D eigenvalue weighted by Gasteiger charge is 2.22. The van der Waals surface area contributed by atoms with E-state index in [0.717, 1.165) is 5.56 Å². The predicted octanol–water partition coefficient (Wildman–Crippen LogP) is 4.84. The van der Waals surface area contributed by atoms with Gasteiger partial charge in [0.15, 0.2) is 6.61 Å². The minimum absolute atomic E-state index is 0.148. The van der Waals surface area contributed by atoms with Crippen LogP contribution in [0.1, 0.15) is 43.3 Å². The lowest BCUT2D eigenvalue weighted by molar-refractivity contribution is -0.130. The van der Waals surface area contributed by atoms with Gasteiger partial charge in [0.2, 0.25) is 0 Å². The molecule has 0 bridgehead atoms. The number of nitrogens with one attached hydrogen (secondary N) is 2. The number of halogens is 1. The lowest BCUT2D eigenvalue weighted by Gasteiger charge is -2.19. The van der Waals surface area contributed by atoms with E-state index >= 15 is 0 Å². The van der Waals surface area contributed by atoms with E-state index in [4.69, 9.17) is 25.5 Å². The van der Waals surface area contributed by atoms with Crippen molar-refractivity contribution in [2.45, 2.75) is 33.2 Å². The maximum absolute atomic E-state index is 12.7. The van der Waals surface area contributed by atoms with Gasteiger partial charge in [-0.1, -0.05) is 37.6 Å². The summed E-state index contributed by atoms with van der Waals surface area (Å²) in [5.74, 6) is 0.338. The molecule has 0 aliphatic rings. The molecule has 1 aromatic heterocycles. The Bertz CT molecular complexity index is 1250. The number of esters is 1. The molecule has 0 fully saturated rings. The van der Waals surface area contributed by atoms with Crippen LogP contribution >= 0.6 is 11.6 Å². The summed E-state index contributed by atoms with van der Waals surface area (Å²) in [7, 11) is 0. The number of nitrogens with zero attached hydrogens (tertiary/aromatic N) is 1. The molecule has 0 radical (unpaired) electrons. The number of hydrogen-bond donors (Lipinski definition) is 2. The van der Waals surface area contributed by atoms with Crippen molar-refractivity contribution in [2.75, 3.05) is 13.2 Å². The molecule has 0 unspecified atom stereocenters. The van der Waals surface area contributed by atoms with Gasteiger partial charge in [0.1, 0.15) is 23.3 Å². The zero-order chi connectivity index (χ0) is 27.5. The van der Waals surface area contributed by atoms with Crippen molar-refractivity contribution in [1.82, 2.24) is 10.7 Å². The van der Waals surface area contributed by atoms with Crippen LogP contribution in [0.5, 0.6) is 5.75 Å². The van der Waals surface area contributed by atoms with E-state index in [1.807, 2.05) is 13.8 Å². The molecule has 3 aromatic rings. The van der Waals surface area contributed by atoms with Gasteiger partial charge in [-0.05, 0) is 67.8 Å². The fraction of sp³-hybridized carbons (Fsp3) is 0.286. The minimum atomic E-state index is -0.793. The number of rotatable bonds is 12. The summed E-state index contributed by atoms with van der Waals surface area (Å²) < 4.78 is 16.2. The van der Waals surface area contributed by atoms with Gasteiger partial charge in [-0.15, -0.1) is 0 Å². The standard InChI is InChI=1S/C28H30ClN3O6/c1-4-36-28(35)20-7-5-19(6-8-20)25-14-13-23(38-25)16-30-32-27(34)24(15-18(2)3)31-26(33)17-37-22-11-9-21(29)10-12-22/h5-14,16,18,24H,4,15,17H2,1-3H3,(H,31,33)(H,32,34)/b30-16-/t24-/m1/s1. The summed E-state index contributed by atoms with van der Waals surface area (Å²) in [6.45, 7) is 5.71. The van der Waals surface area contributed by atoms with Crippen molar-refractivity contribution in [3.05, 3.63) is 77.0 Å². The Morgan fingerprint density at radius 1 is 1.03 bits per heavy atom. The number of ether oxygens (including phenoxy) is 2. The quantitative estimate of drug-likeness (QED) is 0.193. The summed E-state index contributed by atoms with van der Waals surface area (Å²) in [6.07, 6.45) is 1.78. The Labute approximate surface area is 226 Å². The normalized spacial score (nSPS) is 11.8. The highest BCUT2D eigenvalue weighted by Crippen LogP contribution is 2.22. The van der Waals surface area contributed by atoms with Crippen LogP contribution in [-0.2, 0) is 14.3 Å². The van der Waals surface area contributed by atoms with Crippen LogP contribution in [0.15, 0.2) is 70.2 Å². The Balaban J connectivity index is 1.54. The molecule has 0 saturated carbocycles. The van der Waals surface area contributed by atoms with Gasteiger partial charge in [0.05, 0.1) is 18.4 Å². The number of hydrogen-bond acceptors (Lipinski definition) is 7. The Morgan fingerprint density at radius 3 is 2.39 bits per heavy atom. The number of amides is 2. The average molecular weight is 540 g/mol. The highest BCUT2D eigenvalue weighted by molar-refractivity contribution is 6.30. The molecule has 0 aliphatic heterocycles. The van der Waals surface area contributed by atoms with Gasteiger partial charge in [-0.25, -0.2) is 10.2 Å². The second-order valence-corrected chi connectivity index (χ2v) is 9.16. The molecule has 1 heterocycles. The molecule has 0 saturated heterocycles. The van der Waals surface area contributed by atoms with Crippen LogP contribution in [0.25, 0.3) is 11.3 Å². The van der Waals surface area contributed by atoms with Gasteiger partial charge in [-0.2, -0.15) is 5.10 Å². The van der Waals surface area contributed by atoms with Gasteiger partial charge in [-0.3, -0.25) is 9.59 Å². The maximum atomic E-state index is 12.7. The molecule has 0 aliphatic carbocycles. The molecule has 2 amide bonds. The Morgan fingerprint density at radius 2 is 1.74 bits per heavy atom. The molecule has 0 spiro atoms. The van der Waals surface area contributed by atoms with E-state index in [9.17, 15) is 14.4 Å². The second kappa shape index (κ2) is 14.0. The molecular formula is C28H30ClN3O6. The van der Waals surface area contributed by atoms with Crippen molar-refractivity contribution in [1.29, 1.82) is 0 Å². The lowest BCUT2D eigenvalue weighted by atomic mass is 10.0. The second-order valence-electron chi connectivity index (χ2n) is 8.73. The molecule has 2 aromatic carbocycles. The lowest BCUT2D eigenvalue weighted by Crippen LogP contribution is -2.47. The molecule has 10 heteroatoms. The van der Waals surface area contributed by atoms with Crippen LogP contribution in [0.4, 0.5) is 0 Å². The Hall–Kier alpha value is -4.11. The first kappa shape index (κ1) is 28.5. The highest BCUT2D eigenvalue weighted by atomic mass is 35.5. The zero-order valence-corrected chi connectivity index (χ0v) is 22.2. The van der Waals surface area contributed by atoms with Crippen molar-refractivity contribution >= 4 is 35.6 Å². The van der Waals surface area contributed by atoms with Crippen LogP contribution in [0.2, 0.25) is 5.02 Å². The van der Waals surface area contributed by atoms with Gasteiger partial charge >= 0.3 is 5.97 Å². The number of furan rings is 1. The summed E-state index contributed by atoms with van der Waals surface area (Å²) in [5.41, 5.74) is 3.67. The van der Waals surface area contributed by atoms with E-state index in [1.165, 1.54) is 6.21 Å². The van der Waals surface area contributed by atoms with Crippen LogP contribution in [0, 0.1) is 5.92 Å². The average Bonchev–Trinajstić information content (AvgIpc) is 3.37. The van der Waals surface area contributed by atoms with E-state index in [-0.39, 0.29) is 18.5 Å². The van der Waals surface area contributed by atoms with E-state index in [0.29, 0.717) is 40.9 Å². The summed E-state index contributed by atoms with van der Waals surface area (Å²) >= 11 is 5.85. The number of carbonyl (C=O) groups is 3. The van der Waals surface area contributed by atoms with Crippen molar-refractivity contribution in [2.24, 2.45) is 11.0 Å². The molecule has 2 N–H and O–H groups in total. The Kier molecular flexibility index (Phi) is 10.5. The summed E-state index contributed by atoms with van der Waals surface area (Å²) in [6, 6.07) is 16.1. The summed E-state index contributed by atoms with van der Waals surface area (Å²) in [5, 5.41) is 7.22. The van der Waals surface area contributed by atoms with Crippen molar-refractivity contribution in [3.8, 4) is 17.1 Å².